The number of ether oxygens (including phenoxy) is 2. The Morgan fingerprint density at radius 2 is 1.63 bits per heavy atom. The van der Waals surface area contributed by atoms with Gasteiger partial charge < -0.3 is 19.7 Å². The third kappa shape index (κ3) is 8.68. The third-order valence-electron chi connectivity index (χ3n) is 7.47. The molecule has 0 saturated carbocycles. The summed E-state index contributed by atoms with van der Waals surface area (Å²) >= 11 is 0. The fraction of sp³-hybridized carbons (Fsp3) is 0.353. The monoisotopic (exact) mass is 558 g/mol. The van der Waals surface area contributed by atoms with Gasteiger partial charge in [0.15, 0.2) is 11.5 Å². The van der Waals surface area contributed by atoms with Gasteiger partial charge in [0.25, 0.3) is 0 Å². The molecule has 0 saturated heterocycles. The zero-order valence-corrected chi connectivity index (χ0v) is 23.9. The van der Waals surface area contributed by atoms with Crippen molar-refractivity contribution in [1.29, 1.82) is 0 Å². The van der Waals surface area contributed by atoms with Crippen molar-refractivity contribution in [1.82, 2.24) is 10.2 Å². The third-order valence-corrected chi connectivity index (χ3v) is 7.47. The molecule has 2 amide bonds. The van der Waals surface area contributed by atoms with Crippen LogP contribution in [0.5, 0.6) is 11.5 Å². The maximum atomic E-state index is 14.0. The lowest BCUT2D eigenvalue weighted by Gasteiger charge is -2.32. The highest BCUT2D eigenvalue weighted by Crippen LogP contribution is 2.28. The summed E-state index contributed by atoms with van der Waals surface area (Å²) in [7, 11) is 3.11. The average molecular weight is 559 g/mol. The van der Waals surface area contributed by atoms with Gasteiger partial charge in [-0.25, -0.2) is 4.39 Å². The van der Waals surface area contributed by atoms with E-state index in [4.69, 9.17) is 9.47 Å². The predicted octanol–water partition coefficient (Wildman–Crippen LogP) is 6.03. The molecule has 1 aliphatic rings. The first-order chi connectivity index (χ1) is 20.0. The summed E-state index contributed by atoms with van der Waals surface area (Å²) in [5.74, 6) is 0.327. The number of hydrogen-bond acceptors (Lipinski definition) is 4. The van der Waals surface area contributed by atoms with Gasteiger partial charge >= 0.3 is 0 Å². The van der Waals surface area contributed by atoms with Crippen LogP contribution in [0.25, 0.3) is 0 Å². The number of carbonyl (C=O) groups excluding carboxylic acids is 2. The first kappa shape index (κ1) is 29.8. The fourth-order valence-corrected chi connectivity index (χ4v) is 5.20. The first-order valence-corrected chi connectivity index (χ1v) is 14.2. The van der Waals surface area contributed by atoms with Crippen LogP contribution in [-0.4, -0.2) is 43.5 Å². The van der Waals surface area contributed by atoms with E-state index in [1.54, 1.807) is 43.4 Å². The molecule has 7 heteroatoms. The minimum atomic E-state index is -0.754. The molecule has 0 spiro atoms. The van der Waals surface area contributed by atoms with Gasteiger partial charge in [0.2, 0.25) is 11.8 Å². The lowest BCUT2D eigenvalue weighted by molar-refractivity contribution is -0.140. The molecule has 0 heterocycles. The number of rotatable bonds is 13. The topological polar surface area (TPSA) is 67.9 Å². The minimum Gasteiger partial charge on any atom is -0.493 e. The quantitative estimate of drug-likeness (QED) is 0.260. The highest BCUT2D eigenvalue weighted by atomic mass is 19.1. The van der Waals surface area contributed by atoms with E-state index in [1.165, 1.54) is 30.5 Å². The molecule has 1 atom stereocenters. The Kier molecular flexibility index (Phi) is 10.9. The Balaban J connectivity index is 1.61. The molecule has 216 valence electrons. The van der Waals surface area contributed by atoms with E-state index in [0.717, 1.165) is 36.0 Å². The van der Waals surface area contributed by atoms with Crippen molar-refractivity contribution in [2.75, 3.05) is 20.8 Å². The van der Waals surface area contributed by atoms with E-state index in [1.807, 2.05) is 36.4 Å². The Morgan fingerprint density at radius 1 is 0.902 bits per heavy atom. The number of nitrogens with zero attached hydrogens (tertiary/aromatic N) is 1. The van der Waals surface area contributed by atoms with Crippen LogP contribution in [0.15, 0.2) is 84.4 Å². The van der Waals surface area contributed by atoms with Gasteiger partial charge in [-0.2, -0.15) is 0 Å². The zero-order valence-electron chi connectivity index (χ0n) is 23.9. The number of benzene rings is 3. The molecule has 0 aliphatic heterocycles. The molecule has 0 radical (unpaired) electrons. The molecule has 6 nitrogen and oxygen atoms in total. The van der Waals surface area contributed by atoms with Crippen LogP contribution in [0.4, 0.5) is 4.39 Å². The molecule has 1 aliphatic carbocycles. The van der Waals surface area contributed by atoms with E-state index < -0.39 is 6.04 Å². The molecule has 0 bridgehead atoms. The fourth-order valence-electron chi connectivity index (χ4n) is 5.20. The van der Waals surface area contributed by atoms with Gasteiger partial charge in [0.1, 0.15) is 11.9 Å². The molecule has 0 fully saturated rings. The Labute approximate surface area is 242 Å². The summed E-state index contributed by atoms with van der Waals surface area (Å²) in [6, 6.07) is 20.3. The molecule has 4 rings (SSSR count). The second-order valence-electron chi connectivity index (χ2n) is 10.4. The lowest BCUT2D eigenvalue weighted by Crippen LogP contribution is -2.51. The van der Waals surface area contributed by atoms with Crippen molar-refractivity contribution >= 4 is 11.8 Å². The van der Waals surface area contributed by atoms with Crippen LogP contribution >= 0.6 is 0 Å². The molecule has 3 aromatic carbocycles. The molecule has 3 aromatic rings. The van der Waals surface area contributed by atoms with Crippen LogP contribution in [0.3, 0.4) is 0 Å². The predicted molar refractivity (Wildman–Crippen MR) is 158 cm³/mol. The normalized spacial score (nSPS) is 13.6. The second kappa shape index (κ2) is 15.0. The van der Waals surface area contributed by atoms with Crippen molar-refractivity contribution in [2.24, 2.45) is 0 Å². The van der Waals surface area contributed by atoms with E-state index in [2.05, 4.69) is 11.4 Å². The highest BCUT2D eigenvalue weighted by Gasteiger charge is 2.30. The van der Waals surface area contributed by atoms with E-state index in [0.29, 0.717) is 24.5 Å². The summed E-state index contributed by atoms with van der Waals surface area (Å²) in [4.78, 5) is 29.4. The van der Waals surface area contributed by atoms with Gasteiger partial charge in [-0.15, -0.1) is 0 Å². The number of carbonyl (C=O) groups is 2. The molecule has 1 N–H and O–H groups in total. The standard InChI is InChI=1S/C34H39FN2O4/c1-40-31-18-15-28(22-32(31)41-2)23-33(38)37(24-27-13-16-29(35)17-14-27)30(21-26-11-7-4-8-12-26)34(39)36-20-19-25-9-5-3-6-10-25/h4,7-9,11-18,22,30H,3,5-6,10,19-21,23-24H2,1-2H3,(H,36,39)/t30-/m0/s1. The number of amides is 2. The number of allylic oxidation sites excluding steroid dienone is 1. The van der Waals surface area contributed by atoms with Crippen molar-refractivity contribution in [3.63, 3.8) is 0 Å². The smallest absolute Gasteiger partial charge is 0.243 e. The minimum absolute atomic E-state index is 0.0625. The Hall–Kier alpha value is -4.13. The zero-order chi connectivity index (χ0) is 29.0. The van der Waals surface area contributed by atoms with Crippen LogP contribution in [0.2, 0.25) is 0 Å². The van der Waals surface area contributed by atoms with Crippen LogP contribution in [0.1, 0.15) is 48.8 Å². The largest absolute Gasteiger partial charge is 0.493 e. The lowest BCUT2D eigenvalue weighted by atomic mass is 9.97. The SMILES string of the molecule is COc1ccc(CC(=O)N(Cc2ccc(F)cc2)[C@@H](Cc2ccccc2)C(=O)NCCC2=CCCCC2)cc1OC. The average Bonchev–Trinajstić information content (AvgIpc) is 3.00. The maximum absolute atomic E-state index is 14.0. The first-order valence-electron chi connectivity index (χ1n) is 14.2. The summed E-state index contributed by atoms with van der Waals surface area (Å²) < 4.78 is 24.5. The molecule has 0 unspecified atom stereocenters. The van der Waals surface area contributed by atoms with Crippen molar-refractivity contribution < 1.29 is 23.5 Å². The number of hydrogen-bond donors (Lipinski definition) is 1. The molecule has 41 heavy (non-hydrogen) atoms. The van der Waals surface area contributed by atoms with Gasteiger partial charge in [0, 0.05) is 19.5 Å². The van der Waals surface area contributed by atoms with Crippen molar-refractivity contribution in [3.05, 3.63) is 107 Å². The summed E-state index contributed by atoms with van der Waals surface area (Å²) in [6.45, 7) is 0.687. The van der Waals surface area contributed by atoms with Crippen molar-refractivity contribution in [3.8, 4) is 11.5 Å². The maximum Gasteiger partial charge on any atom is 0.243 e. The van der Waals surface area contributed by atoms with Crippen LogP contribution < -0.4 is 14.8 Å². The van der Waals surface area contributed by atoms with E-state index in [9.17, 15) is 14.0 Å². The van der Waals surface area contributed by atoms with Gasteiger partial charge in [-0.1, -0.05) is 60.2 Å². The van der Waals surface area contributed by atoms with Gasteiger partial charge in [0.05, 0.1) is 20.6 Å². The number of halogens is 1. The van der Waals surface area contributed by atoms with Crippen LogP contribution in [-0.2, 0) is 29.0 Å². The van der Waals surface area contributed by atoms with Crippen molar-refractivity contribution in [2.45, 2.75) is 57.5 Å². The molecular weight excluding hydrogens is 519 g/mol. The van der Waals surface area contributed by atoms with Crippen LogP contribution in [0, 0.1) is 5.82 Å². The second-order valence-corrected chi connectivity index (χ2v) is 10.4. The van der Waals surface area contributed by atoms with Gasteiger partial charge in [-0.05, 0) is 73.1 Å². The number of nitrogens with one attached hydrogen (secondary N) is 1. The molecule has 0 aromatic heterocycles. The summed E-state index contributed by atoms with van der Waals surface area (Å²) in [6.07, 6.45) is 8.08. The van der Waals surface area contributed by atoms with E-state index >= 15 is 0 Å². The Morgan fingerprint density at radius 3 is 2.32 bits per heavy atom. The Bertz CT molecular complexity index is 1320. The van der Waals surface area contributed by atoms with Gasteiger partial charge in [-0.3, -0.25) is 9.59 Å². The summed E-state index contributed by atoms with van der Waals surface area (Å²) in [5.41, 5.74) is 3.81. The van der Waals surface area contributed by atoms with E-state index in [-0.39, 0.29) is 30.6 Å². The highest BCUT2D eigenvalue weighted by molar-refractivity contribution is 5.89. The number of methoxy groups -OCH3 is 2. The molecular formula is C34H39FN2O4. The summed E-state index contributed by atoms with van der Waals surface area (Å²) in [5, 5.41) is 3.11.